The summed E-state index contributed by atoms with van der Waals surface area (Å²) in [5, 5.41) is 14.2. The molecule has 118 valence electrons. The SMILES string of the molecule is CSCc1noc(CN2CCC3(CC2)OCCCC3O)n1. The molecule has 1 atom stereocenters. The zero-order valence-corrected chi connectivity index (χ0v) is 13.3. The summed E-state index contributed by atoms with van der Waals surface area (Å²) in [6.07, 6.45) is 5.29. The first-order valence-electron chi connectivity index (χ1n) is 7.57. The van der Waals surface area contributed by atoms with E-state index < -0.39 is 0 Å². The lowest BCUT2D eigenvalue weighted by Gasteiger charge is -2.46. The van der Waals surface area contributed by atoms with Crippen molar-refractivity contribution in [3.05, 3.63) is 11.7 Å². The Balaban J connectivity index is 1.53. The summed E-state index contributed by atoms with van der Waals surface area (Å²) in [4.78, 5) is 6.69. The third-order valence-electron chi connectivity index (χ3n) is 4.46. The minimum atomic E-state index is -0.315. The van der Waals surface area contributed by atoms with E-state index in [1.165, 1.54) is 0 Å². The Bertz CT molecular complexity index is 460. The van der Waals surface area contributed by atoms with Gasteiger partial charge in [0.05, 0.1) is 24.0 Å². The number of piperidine rings is 1. The van der Waals surface area contributed by atoms with E-state index in [1.807, 2.05) is 6.26 Å². The number of aliphatic hydroxyl groups is 1. The van der Waals surface area contributed by atoms with Gasteiger partial charge in [0, 0.05) is 19.7 Å². The van der Waals surface area contributed by atoms with Crippen molar-refractivity contribution in [1.29, 1.82) is 0 Å². The van der Waals surface area contributed by atoms with Crippen LogP contribution in [0.2, 0.25) is 0 Å². The molecule has 0 aromatic carbocycles. The van der Waals surface area contributed by atoms with Gasteiger partial charge in [0.1, 0.15) is 0 Å². The minimum Gasteiger partial charge on any atom is -0.390 e. The van der Waals surface area contributed by atoms with Crippen molar-refractivity contribution in [2.24, 2.45) is 0 Å². The molecule has 7 heteroatoms. The highest BCUT2D eigenvalue weighted by Crippen LogP contribution is 2.35. The van der Waals surface area contributed by atoms with Gasteiger partial charge in [-0.2, -0.15) is 16.7 Å². The zero-order chi connectivity index (χ0) is 14.7. The smallest absolute Gasteiger partial charge is 0.240 e. The first-order valence-corrected chi connectivity index (χ1v) is 8.96. The second kappa shape index (κ2) is 6.64. The van der Waals surface area contributed by atoms with Crippen LogP contribution >= 0.6 is 11.8 Å². The van der Waals surface area contributed by atoms with Gasteiger partial charge in [-0.25, -0.2) is 0 Å². The van der Waals surface area contributed by atoms with Gasteiger partial charge >= 0.3 is 0 Å². The minimum absolute atomic E-state index is 0.312. The lowest BCUT2D eigenvalue weighted by atomic mass is 9.82. The molecular weight excluding hydrogens is 290 g/mol. The highest BCUT2D eigenvalue weighted by Gasteiger charge is 2.43. The van der Waals surface area contributed by atoms with Gasteiger partial charge in [0.25, 0.3) is 0 Å². The molecule has 1 N–H and O–H groups in total. The van der Waals surface area contributed by atoms with Crippen LogP contribution in [0.25, 0.3) is 0 Å². The van der Waals surface area contributed by atoms with Crippen molar-refractivity contribution in [2.45, 2.75) is 49.7 Å². The summed E-state index contributed by atoms with van der Waals surface area (Å²) in [5.74, 6) is 2.23. The number of ether oxygens (including phenoxy) is 1. The quantitative estimate of drug-likeness (QED) is 0.901. The van der Waals surface area contributed by atoms with Gasteiger partial charge in [-0.3, -0.25) is 4.90 Å². The summed E-state index contributed by atoms with van der Waals surface area (Å²) in [7, 11) is 0. The van der Waals surface area contributed by atoms with Crippen molar-refractivity contribution < 1.29 is 14.4 Å². The summed E-state index contributed by atoms with van der Waals surface area (Å²) in [5.41, 5.74) is -0.312. The Morgan fingerprint density at radius 3 is 2.95 bits per heavy atom. The molecule has 1 spiro atoms. The van der Waals surface area contributed by atoms with Gasteiger partial charge in [0.15, 0.2) is 5.82 Å². The van der Waals surface area contributed by atoms with E-state index in [0.717, 1.165) is 57.0 Å². The Morgan fingerprint density at radius 2 is 2.24 bits per heavy atom. The van der Waals surface area contributed by atoms with Gasteiger partial charge < -0.3 is 14.4 Å². The van der Waals surface area contributed by atoms with Gasteiger partial charge in [-0.15, -0.1) is 0 Å². The maximum absolute atomic E-state index is 10.2. The highest BCUT2D eigenvalue weighted by molar-refractivity contribution is 7.97. The highest BCUT2D eigenvalue weighted by atomic mass is 32.2. The molecule has 1 aromatic heterocycles. The monoisotopic (exact) mass is 313 g/mol. The van der Waals surface area contributed by atoms with Crippen LogP contribution in [-0.2, 0) is 17.0 Å². The first kappa shape index (κ1) is 15.3. The molecule has 3 heterocycles. The number of thioether (sulfide) groups is 1. The molecule has 0 saturated carbocycles. The van der Waals surface area contributed by atoms with Gasteiger partial charge in [-0.05, 0) is 31.9 Å². The lowest BCUT2D eigenvalue weighted by Crippen LogP contribution is -2.55. The zero-order valence-electron chi connectivity index (χ0n) is 12.5. The summed E-state index contributed by atoms with van der Waals surface area (Å²) in [6, 6.07) is 0. The molecule has 1 unspecified atom stereocenters. The molecule has 2 fully saturated rings. The number of likely N-dealkylation sites (tertiary alicyclic amines) is 1. The number of nitrogens with zero attached hydrogens (tertiary/aromatic N) is 3. The maximum Gasteiger partial charge on any atom is 0.240 e. The van der Waals surface area contributed by atoms with Crippen molar-refractivity contribution in [2.75, 3.05) is 26.0 Å². The fraction of sp³-hybridized carbons (Fsp3) is 0.857. The van der Waals surface area contributed by atoms with E-state index in [1.54, 1.807) is 11.8 Å². The van der Waals surface area contributed by atoms with E-state index in [0.29, 0.717) is 12.4 Å². The normalized spacial score (nSPS) is 26.3. The van der Waals surface area contributed by atoms with E-state index in [9.17, 15) is 5.11 Å². The van der Waals surface area contributed by atoms with Crippen LogP contribution in [0, 0.1) is 0 Å². The van der Waals surface area contributed by atoms with E-state index >= 15 is 0 Å². The Morgan fingerprint density at radius 1 is 1.43 bits per heavy atom. The van der Waals surface area contributed by atoms with Crippen LogP contribution in [0.1, 0.15) is 37.4 Å². The topological polar surface area (TPSA) is 71.6 Å². The second-order valence-electron chi connectivity index (χ2n) is 5.88. The Kier molecular flexibility index (Phi) is 4.83. The van der Waals surface area contributed by atoms with Crippen LogP contribution in [0.5, 0.6) is 0 Å². The number of hydrogen-bond donors (Lipinski definition) is 1. The molecule has 2 saturated heterocycles. The fourth-order valence-electron chi connectivity index (χ4n) is 3.21. The second-order valence-corrected chi connectivity index (χ2v) is 6.75. The van der Waals surface area contributed by atoms with E-state index in [4.69, 9.17) is 9.26 Å². The van der Waals surface area contributed by atoms with Crippen LogP contribution in [-0.4, -0.2) is 57.8 Å². The van der Waals surface area contributed by atoms with Crippen LogP contribution in [0.3, 0.4) is 0 Å². The fourth-order valence-corrected chi connectivity index (χ4v) is 3.59. The largest absolute Gasteiger partial charge is 0.390 e. The molecule has 1 aromatic rings. The first-order chi connectivity index (χ1) is 10.2. The Labute approximate surface area is 129 Å². The number of rotatable bonds is 4. The van der Waals surface area contributed by atoms with Crippen molar-refractivity contribution in [1.82, 2.24) is 15.0 Å². The molecule has 0 aliphatic carbocycles. The molecule has 0 amide bonds. The molecular formula is C14H23N3O3S. The van der Waals surface area contributed by atoms with Crippen molar-refractivity contribution >= 4 is 11.8 Å². The van der Waals surface area contributed by atoms with E-state index in [2.05, 4.69) is 15.0 Å². The number of aromatic nitrogens is 2. The predicted molar refractivity (Wildman–Crippen MR) is 80.0 cm³/mol. The van der Waals surface area contributed by atoms with Gasteiger partial charge in [0.2, 0.25) is 5.89 Å². The average molecular weight is 313 g/mol. The standard InChI is InChI=1S/C14H23N3O3S/c1-21-10-12-15-13(20-16-12)9-17-6-4-14(5-7-17)11(18)3-2-8-19-14/h11,18H,2-10H2,1H3. The summed E-state index contributed by atoms with van der Waals surface area (Å²) >= 11 is 1.69. The predicted octanol–water partition coefficient (Wildman–Crippen LogP) is 1.44. The third-order valence-corrected chi connectivity index (χ3v) is 5.01. The number of aliphatic hydroxyl groups excluding tert-OH is 1. The Hall–Kier alpha value is -0.630. The number of hydrogen-bond acceptors (Lipinski definition) is 7. The lowest BCUT2D eigenvalue weighted by molar-refractivity contribution is -0.177. The van der Waals surface area contributed by atoms with Crippen LogP contribution < -0.4 is 0 Å². The molecule has 2 aliphatic rings. The third kappa shape index (κ3) is 3.41. The van der Waals surface area contributed by atoms with Crippen molar-refractivity contribution in [3.63, 3.8) is 0 Å². The molecule has 6 nitrogen and oxygen atoms in total. The van der Waals surface area contributed by atoms with Crippen LogP contribution in [0.4, 0.5) is 0 Å². The van der Waals surface area contributed by atoms with Crippen molar-refractivity contribution in [3.8, 4) is 0 Å². The summed E-state index contributed by atoms with van der Waals surface area (Å²) < 4.78 is 11.2. The van der Waals surface area contributed by atoms with Crippen LogP contribution in [0.15, 0.2) is 4.52 Å². The maximum atomic E-state index is 10.2. The molecule has 0 radical (unpaired) electrons. The molecule has 2 aliphatic heterocycles. The van der Waals surface area contributed by atoms with Gasteiger partial charge in [-0.1, -0.05) is 5.16 Å². The molecule has 0 bridgehead atoms. The van der Waals surface area contributed by atoms with E-state index in [-0.39, 0.29) is 11.7 Å². The molecule has 3 rings (SSSR count). The summed E-state index contributed by atoms with van der Waals surface area (Å²) in [6.45, 7) is 3.26. The average Bonchev–Trinajstić information content (AvgIpc) is 2.92. The molecule has 21 heavy (non-hydrogen) atoms.